The molecule has 1 rings (SSSR count). The fourth-order valence-corrected chi connectivity index (χ4v) is 1.22. The Morgan fingerprint density at radius 2 is 2.50 bits per heavy atom. The first-order valence-corrected chi connectivity index (χ1v) is 3.25. The zero-order valence-electron chi connectivity index (χ0n) is 5.40. The molecule has 1 aliphatic rings. The predicted molar refractivity (Wildman–Crippen MR) is 39.2 cm³/mol. The summed E-state index contributed by atoms with van der Waals surface area (Å²) < 4.78 is 0. The van der Waals surface area contributed by atoms with Crippen LogP contribution in [0, 0.1) is 11.3 Å². The maximum Gasteiger partial charge on any atom is 0.245 e. The second-order valence-corrected chi connectivity index (χ2v) is 2.51. The molecule has 0 radical (unpaired) electrons. The number of nitrogens with zero attached hydrogens (tertiary/aromatic N) is 2. The number of thiol groups is 1. The molecule has 1 atom stereocenters. The number of β-lactam (4-membered cyclic amide) rings is 1. The molecule has 0 saturated carbocycles. The SMILES string of the molecule is CN1C(=O)C(S)/C1=C/C#N. The predicted octanol–water partition coefficient (Wildman–Crippen LogP) is 0.164. The normalized spacial score (nSPS) is 28.1. The van der Waals surface area contributed by atoms with Crippen LogP contribution >= 0.6 is 12.6 Å². The van der Waals surface area contributed by atoms with Crippen molar-refractivity contribution in [2.45, 2.75) is 5.25 Å². The van der Waals surface area contributed by atoms with Crippen LogP contribution in [0.25, 0.3) is 0 Å². The lowest BCUT2D eigenvalue weighted by atomic mass is 10.1. The number of rotatable bonds is 0. The van der Waals surface area contributed by atoms with Gasteiger partial charge in [-0.3, -0.25) is 4.79 Å². The van der Waals surface area contributed by atoms with Gasteiger partial charge in [-0.1, -0.05) is 0 Å². The topological polar surface area (TPSA) is 44.1 Å². The molecule has 1 amide bonds. The minimum absolute atomic E-state index is 0.0511. The van der Waals surface area contributed by atoms with Gasteiger partial charge in [0.25, 0.3) is 0 Å². The molecule has 1 aliphatic heterocycles. The fraction of sp³-hybridized carbons (Fsp3) is 0.333. The number of allylic oxidation sites excluding steroid dienone is 1. The molecule has 1 saturated heterocycles. The number of hydrogen-bond donors (Lipinski definition) is 1. The Morgan fingerprint density at radius 3 is 2.90 bits per heavy atom. The highest BCUT2D eigenvalue weighted by atomic mass is 32.1. The van der Waals surface area contributed by atoms with Gasteiger partial charge in [0, 0.05) is 13.1 Å². The smallest absolute Gasteiger partial charge is 0.245 e. The van der Waals surface area contributed by atoms with Crippen molar-refractivity contribution in [3.8, 4) is 6.07 Å². The van der Waals surface area contributed by atoms with Crippen LogP contribution in [0.1, 0.15) is 0 Å². The van der Waals surface area contributed by atoms with E-state index in [1.807, 2.05) is 6.07 Å². The van der Waals surface area contributed by atoms with E-state index in [1.165, 1.54) is 11.0 Å². The van der Waals surface area contributed by atoms with Crippen molar-refractivity contribution in [2.75, 3.05) is 7.05 Å². The minimum Gasteiger partial charge on any atom is -0.316 e. The second kappa shape index (κ2) is 2.35. The molecule has 0 aromatic carbocycles. The summed E-state index contributed by atoms with van der Waals surface area (Å²) in [5.41, 5.74) is 0.677. The van der Waals surface area contributed by atoms with Crippen LogP contribution < -0.4 is 0 Å². The Bertz CT molecular complexity index is 227. The Balaban J connectivity index is 2.78. The van der Waals surface area contributed by atoms with Gasteiger partial charge in [0.2, 0.25) is 5.91 Å². The summed E-state index contributed by atoms with van der Waals surface area (Å²) in [6, 6.07) is 1.85. The molecule has 0 spiro atoms. The molecule has 4 heteroatoms. The maximum atomic E-state index is 10.7. The van der Waals surface area contributed by atoms with Gasteiger partial charge >= 0.3 is 0 Å². The fourth-order valence-electron chi connectivity index (χ4n) is 0.796. The van der Waals surface area contributed by atoms with Crippen molar-refractivity contribution in [2.24, 2.45) is 0 Å². The van der Waals surface area contributed by atoms with Crippen molar-refractivity contribution >= 4 is 18.5 Å². The number of carbonyl (C=O) groups is 1. The standard InChI is InChI=1S/C6H6N2OS/c1-8-4(2-3-7)5(10)6(8)9/h2,5,10H,1H3/b4-2-. The molecule has 0 aromatic rings. The number of amides is 1. The number of hydrogen-bond acceptors (Lipinski definition) is 3. The van der Waals surface area contributed by atoms with Crippen molar-refractivity contribution in [1.29, 1.82) is 5.26 Å². The van der Waals surface area contributed by atoms with E-state index in [1.54, 1.807) is 7.05 Å². The summed E-state index contributed by atoms with van der Waals surface area (Å²) in [5.74, 6) is -0.0511. The maximum absolute atomic E-state index is 10.7. The van der Waals surface area contributed by atoms with Crippen molar-refractivity contribution in [3.63, 3.8) is 0 Å². The molecular weight excluding hydrogens is 148 g/mol. The molecule has 52 valence electrons. The minimum atomic E-state index is -0.385. The summed E-state index contributed by atoms with van der Waals surface area (Å²) in [4.78, 5) is 12.2. The monoisotopic (exact) mass is 154 g/mol. The molecule has 0 aromatic heterocycles. The van der Waals surface area contributed by atoms with E-state index in [0.29, 0.717) is 5.70 Å². The van der Waals surface area contributed by atoms with Crippen LogP contribution in [0.5, 0.6) is 0 Å². The zero-order chi connectivity index (χ0) is 7.72. The van der Waals surface area contributed by atoms with Gasteiger partial charge in [0.05, 0.1) is 11.8 Å². The van der Waals surface area contributed by atoms with Gasteiger partial charge in [-0.05, 0) is 0 Å². The van der Waals surface area contributed by atoms with Crippen molar-refractivity contribution in [1.82, 2.24) is 4.90 Å². The van der Waals surface area contributed by atoms with Gasteiger partial charge in [-0.15, -0.1) is 0 Å². The van der Waals surface area contributed by atoms with E-state index in [9.17, 15) is 4.79 Å². The molecule has 1 fully saturated rings. The van der Waals surface area contributed by atoms with Crippen LogP contribution in [0.15, 0.2) is 11.8 Å². The third-order valence-electron chi connectivity index (χ3n) is 1.44. The average molecular weight is 154 g/mol. The molecular formula is C6H6N2OS. The van der Waals surface area contributed by atoms with Gasteiger partial charge in [-0.2, -0.15) is 17.9 Å². The van der Waals surface area contributed by atoms with Gasteiger partial charge in [-0.25, -0.2) is 0 Å². The first-order valence-electron chi connectivity index (χ1n) is 2.74. The molecule has 3 nitrogen and oxygen atoms in total. The quantitative estimate of drug-likeness (QED) is 0.307. The van der Waals surface area contributed by atoms with Crippen molar-refractivity contribution < 1.29 is 4.79 Å². The third-order valence-corrected chi connectivity index (χ3v) is 1.93. The van der Waals surface area contributed by atoms with E-state index in [-0.39, 0.29) is 11.2 Å². The molecule has 10 heavy (non-hydrogen) atoms. The second-order valence-electron chi connectivity index (χ2n) is 2.00. The third kappa shape index (κ3) is 0.792. The average Bonchev–Trinajstić information content (AvgIpc) is 1.98. The molecule has 1 heterocycles. The van der Waals surface area contributed by atoms with Crippen LogP contribution in [0.3, 0.4) is 0 Å². The lowest BCUT2D eigenvalue weighted by molar-refractivity contribution is -0.132. The van der Waals surface area contributed by atoms with E-state index in [4.69, 9.17) is 5.26 Å². The summed E-state index contributed by atoms with van der Waals surface area (Å²) in [7, 11) is 1.62. The van der Waals surface area contributed by atoms with E-state index in [0.717, 1.165) is 0 Å². The zero-order valence-corrected chi connectivity index (χ0v) is 6.30. The highest BCUT2D eigenvalue weighted by Crippen LogP contribution is 2.25. The summed E-state index contributed by atoms with van der Waals surface area (Å²) in [6.07, 6.45) is 1.33. The molecule has 1 unspecified atom stereocenters. The lowest BCUT2D eigenvalue weighted by Gasteiger charge is -2.34. The van der Waals surface area contributed by atoms with Crippen LogP contribution in [0.4, 0.5) is 0 Å². The first-order chi connectivity index (χ1) is 4.68. The molecule has 0 bridgehead atoms. The van der Waals surface area contributed by atoms with Gasteiger partial charge in [0.15, 0.2) is 0 Å². The number of likely N-dealkylation sites (tertiary alicyclic amines) is 1. The van der Waals surface area contributed by atoms with E-state index in [2.05, 4.69) is 12.6 Å². The Hall–Kier alpha value is -0.950. The van der Waals surface area contributed by atoms with E-state index < -0.39 is 0 Å². The highest BCUT2D eigenvalue weighted by Gasteiger charge is 2.36. The largest absolute Gasteiger partial charge is 0.316 e. The van der Waals surface area contributed by atoms with E-state index >= 15 is 0 Å². The Morgan fingerprint density at radius 1 is 1.90 bits per heavy atom. The first kappa shape index (κ1) is 7.16. The van der Waals surface area contributed by atoms with Gasteiger partial charge in [0.1, 0.15) is 5.25 Å². The summed E-state index contributed by atoms with van der Waals surface area (Å²) in [5, 5.41) is 7.84. The molecule has 0 aliphatic carbocycles. The summed E-state index contributed by atoms with van der Waals surface area (Å²) >= 11 is 3.96. The molecule has 0 N–H and O–H groups in total. The Kier molecular flexibility index (Phi) is 1.68. The number of nitriles is 1. The number of carbonyl (C=O) groups excluding carboxylic acids is 1. The Labute approximate surface area is 64.3 Å². The van der Waals surface area contributed by atoms with Crippen LogP contribution in [-0.2, 0) is 4.79 Å². The van der Waals surface area contributed by atoms with Crippen LogP contribution in [0.2, 0.25) is 0 Å². The lowest BCUT2D eigenvalue weighted by Crippen LogP contribution is -2.48. The highest BCUT2D eigenvalue weighted by molar-refractivity contribution is 7.82. The van der Waals surface area contributed by atoms with Crippen LogP contribution in [-0.4, -0.2) is 23.1 Å². The van der Waals surface area contributed by atoms with Gasteiger partial charge < -0.3 is 4.90 Å². The summed E-state index contributed by atoms with van der Waals surface area (Å²) in [6.45, 7) is 0. The van der Waals surface area contributed by atoms with Crippen molar-refractivity contribution in [3.05, 3.63) is 11.8 Å².